The normalized spacial score (nSPS) is 11.6. The van der Waals surface area contributed by atoms with E-state index in [2.05, 4.69) is 159 Å². The van der Waals surface area contributed by atoms with Crippen LogP contribution in [0.2, 0.25) is 0 Å². The molecule has 206 valence electrons. The van der Waals surface area contributed by atoms with Crippen LogP contribution in [0.5, 0.6) is 0 Å². The van der Waals surface area contributed by atoms with E-state index in [1.807, 2.05) is 6.07 Å². The Bertz CT molecular complexity index is 2290. The maximum atomic E-state index is 4.54. The van der Waals surface area contributed by atoms with Crippen molar-refractivity contribution in [1.82, 2.24) is 19.1 Å². The smallest absolute Gasteiger partial charge is 0.140 e. The van der Waals surface area contributed by atoms with Gasteiger partial charge in [0.2, 0.25) is 0 Å². The van der Waals surface area contributed by atoms with Gasteiger partial charge in [-0.05, 0) is 76.9 Å². The molecule has 0 aliphatic carbocycles. The molecule has 3 aromatic heterocycles. The molecule has 0 saturated heterocycles. The van der Waals surface area contributed by atoms with E-state index in [4.69, 9.17) is 0 Å². The molecule has 0 aliphatic rings. The van der Waals surface area contributed by atoms with Gasteiger partial charge in [0.15, 0.2) is 0 Å². The van der Waals surface area contributed by atoms with Gasteiger partial charge in [-0.3, -0.25) is 4.57 Å². The third-order valence-electron chi connectivity index (χ3n) is 8.71. The zero-order valence-electron chi connectivity index (χ0n) is 23.8. The van der Waals surface area contributed by atoms with Crippen molar-refractivity contribution in [1.29, 1.82) is 0 Å². The largest absolute Gasteiger partial charge is 0.309 e. The van der Waals surface area contributed by atoms with E-state index in [-0.39, 0.29) is 0 Å². The van der Waals surface area contributed by atoms with Gasteiger partial charge in [0.25, 0.3) is 0 Å². The molecule has 0 amide bonds. The van der Waals surface area contributed by atoms with Crippen LogP contribution in [0.4, 0.5) is 0 Å². The molecule has 0 unspecified atom stereocenters. The number of hydrogen-bond donors (Lipinski definition) is 0. The van der Waals surface area contributed by atoms with Crippen LogP contribution in [0, 0.1) is 0 Å². The summed E-state index contributed by atoms with van der Waals surface area (Å²) in [5.41, 5.74) is 10.7. The van der Waals surface area contributed by atoms with Crippen molar-refractivity contribution in [3.8, 4) is 33.8 Å². The predicted molar refractivity (Wildman–Crippen MR) is 182 cm³/mol. The summed E-state index contributed by atoms with van der Waals surface area (Å²) in [5.74, 6) is 0.868. The van der Waals surface area contributed by atoms with Crippen molar-refractivity contribution in [2.75, 3.05) is 0 Å². The third-order valence-corrected chi connectivity index (χ3v) is 8.71. The first-order valence-electron chi connectivity index (χ1n) is 14.8. The molecule has 0 bridgehead atoms. The van der Waals surface area contributed by atoms with Crippen LogP contribution in [-0.2, 0) is 0 Å². The predicted octanol–water partition coefficient (Wildman–Crippen LogP) is 10.0. The van der Waals surface area contributed by atoms with Gasteiger partial charge in [0.05, 0.1) is 22.1 Å². The van der Waals surface area contributed by atoms with Crippen LogP contribution in [-0.4, -0.2) is 19.1 Å². The van der Waals surface area contributed by atoms with Crippen molar-refractivity contribution in [2.24, 2.45) is 0 Å². The molecule has 0 saturated carbocycles. The molecule has 44 heavy (non-hydrogen) atoms. The van der Waals surface area contributed by atoms with E-state index < -0.39 is 0 Å². The van der Waals surface area contributed by atoms with E-state index in [1.165, 1.54) is 60.5 Å². The minimum Gasteiger partial charge on any atom is -0.309 e. The maximum absolute atomic E-state index is 4.54. The molecule has 4 heteroatoms. The van der Waals surface area contributed by atoms with Gasteiger partial charge >= 0.3 is 0 Å². The van der Waals surface area contributed by atoms with Crippen LogP contribution in [0.1, 0.15) is 0 Å². The van der Waals surface area contributed by atoms with Gasteiger partial charge in [-0.2, -0.15) is 0 Å². The topological polar surface area (TPSA) is 35.6 Å². The molecule has 9 rings (SSSR count). The number of para-hydroxylation sites is 3. The van der Waals surface area contributed by atoms with Crippen molar-refractivity contribution in [3.63, 3.8) is 0 Å². The zero-order chi connectivity index (χ0) is 29.0. The van der Waals surface area contributed by atoms with Crippen LogP contribution in [0.15, 0.2) is 158 Å². The summed E-state index contributed by atoms with van der Waals surface area (Å²) in [7, 11) is 0. The molecular formula is C40H26N4. The van der Waals surface area contributed by atoms with Gasteiger partial charge in [0.1, 0.15) is 12.1 Å². The standard InChI is InChI=1S/C40H26N4/c1-2-8-31(9-3-1)43-36-12-6-4-10-32(36)34-24-29(18-20-38(34)43)27-14-16-28(17-15-27)30-19-21-39-35(25-30)33-11-5-7-13-37(33)44(39)40-22-23-41-26-42-40/h1-26H. The van der Waals surface area contributed by atoms with Crippen LogP contribution in [0.25, 0.3) is 77.4 Å². The monoisotopic (exact) mass is 562 g/mol. The second kappa shape index (κ2) is 9.79. The van der Waals surface area contributed by atoms with Crippen LogP contribution < -0.4 is 0 Å². The summed E-state index contributed by atoms with van der Waals surface area (Å²) >= 11 is 0. The average molecular weight is 563 g/mol. The lowest BCUT2D eigenvalue weighted by atomic mass is 9.98. The van der Waals surface area contributed by atoms with Gasteiger partial charge < -0.3 is 4.57 Å². The molecule has 6 aromatic carbocycles. The summed E-state index contributed by atoms with van der Waals surface area (Å²) in [6.07, 6.45) is 3.39. The molecule has 0 spiro atoms. The number of aromatic nitrogens is 4. The Hall–Kier alpha value is -6.00. The second-order valence-corrected chi connectivity index (χ2v) is 11.1. The summed E-state index contributed by atoms with van der Waals surface area (Å²) in [6.45, 7) is 0. The average Bonchev–Trinajstić information content (AvgIpc) is 3.61. The molecule has 0 atom stereocenters. The molecule has 0 radical (unpaired) electrons. The van der Waals surface area contributed by atoms with E-state index in [1.54, 1.807) is 12.5 Å². The van der Waals surface area contributed by atoms with Gasteiger partial charge in [-0.15, -0.1) is 0 Å². The first-order chi connectivity index (χ1) is 21.8. The highest BCUT2D eigenvalue weighted by Crippen LogP contribution is 2.37. The van der Waals surface area contributed by atoms with Crippen molar-refractivity contribution in [2.45, 2.75) is 0 Å². The van der Waals surface area contributed by atoms with Crippen LogP contribution >= 0.6 is 0 Å². The van der Waals surface area contributed by atoms with Gasteiger partial charge in [-0.1, -0.05) is 91.0 Å². The lowest BCUT2D eigenvalue weighted by molar-refractivity contribution is 1.04. The number of hydrogen-bond acceptors (Lipinski definition) is 2. The summed E-state index contributed by atoms with van der Waals surface area (Å²) < 4.78 is 4.57. The minimum absolute atomic E-state index is 0.868. The lowest BCUT2D eigenvalue weighted by Crippen LogP contribution is -1.96. The number of benzene rings is 6. The zero-order valence-corrected chi connectivity index (χ0v) is 23.8. The second-order valence-electron chi connectivity index (χ2n) is 11.1. The van der Waals surface area contributed by atoms with E-state index in [0.29, 0.717) is 0 Å². The Labute approximate surface area is 254 Å². The molecular weight excluding hydrogens is 536 g/mol. The van der Waals surface area contributed by atoms with E-state index >= 15 is 0 Å². The minimum atomic E-state index is 0.868. The fraction of sp³-hybridized carbons (Fsp3) is 0. The SMILES string of the molecule is c1ccc(-n2c3ccccc3c3cc(-c4ccc(-c5ccc6c(c5)c5ccccc5n6-c5ccncn5)cc4)ccc32)cc1. The van der Waals surface area contributed by atoms with Crippen LogP contribution in [0.3, 0.4) is 0 Å². The van der Waals surface area contributed by atoms with Gasteiger partial charge in [-0.25, -0.2) is 9.97 Å². The molecule has 0 fully saturated rings. The first kappa shape index (κ1) is 24.6. The Morgan fingerprint density at radius 3 is 1.48 bits per heavy atom. The Morgan fingerprint density at radius 2 is 0.886 bits per heavy atom. The maximum Gasteiger partial charge on any atom is 0.140 e. The Kier molecular flexibility index (Phi) is 5.47. The quantitative estimate of drug-likeness (QED) is 0.214. The molecule has 3 heterocycles. The fourth-order valence-corrected chi connectivity index (χ4v) is 6.68. The number of fused-ring (bicyclic) bond motifs is 6. The van der Waals surface area contributed by atoms with E-state index in [0.717, 1.165) is 16.9 Å². The Balaban J connectivity index is 1.13. The Morgan fingerprint density at radius 1 is 0.386 bits per heavy atom. The summed E-state index contributed by atoms with van der Waals surface area (Å²) in [5, 5.41) is 4.94. The highest BCUT2D eigenvalue weighted by Gasteiger charge is 2.15. The van der Waals surface area contributed by atoms with Gasteiger partial charge in [0, 0.05) is 33.4 Å². The summed E-state index contributed by atoms with van der Waals surface area (Å²) in [6, 6.07) is 52.2. The van der Waals surface area contributed by atoms with E-state index in [9.17, 15) is 0 Å². The lowest BCUT2D eigenvalue weighted by Gasteiger charge is -2.09. The van der Waals surface area contributed by atoms with Crippen molar-refractivity contribution < 1.29 is 0 Å². The first-order valence-corrected chi connectivity index (χ1v) is 14.8. The fourth-order valence-electron chi connectivity index (χ4n) is 6.68. The summed E-state index contributed by atoms with van der Waals surface area (Å²) in [4.78, 5) is 8.66. The highest BCUT2D eigenvalue weighted by atomic mass is 15.1. The third kappa shape index (κ3) is 3.78. The molecule has 9 aromatic rings. The molecule has 0 aliphatic heterocycles. The van der Waals surface area contributed by atoms with Crippen molar-refractivity contribution in [3.05, 3.63) is 158 Å². The number of rotatable bonds is 4. The number of nitrogens with zero attached hydrogens (tertiary/aromatic N) is 4. The molecule has 0 N–H and O–H groups in total. The molecule has 4 nitrogen and oxygen atoms in total. The van der Waals surface area contributed by atoms with Crippen molar-refractivity contribution >= 4 is 43.6 Å². The highest BCUT2D eigenvalue weighted by molar-refractivity contribution is 6.11.